The highest BCUT2D eigenvalue weighted by molar-refractivity contribution is 5.61. The lowest BCUT2D eigenvalue weighted by atomic mass is 9.88. The summed E-state index contributed by atoms with van der Waals surface area (Å²) in [5.41, 5.74) is 3.17. The lowest BCUT2D eigenvalue weighted by Gasteiger charge is -2.36. The number of imidazole rings is 1. The smallest absolute Gasteiger partial charge is 0.244 e. The second-order valence-electron chi connectivity index (χ2n) is 8.51. The highest BCUT2D eigenvalue weighted by atomic mass is 16.7. The highest BCUT2D eigenvalue weighted by Gasteiger charge is 2.34. The van der Waals surface area contributed by atoms with E-state index in [9.17, 15) is 0 Å². The summed E-state index contributed by atoms with van der Waals surface area (Å²) in [4.78, 5) is 15.1. The zero-order valence-corrected chi connectivity index (χ0v) is 16.8. The van der Waals surface area contributed by atoms with Gasteiger partial charge in [0, 0.05) is 25.1 Å². The average molecular weight is 407 g/mol. The highest BCUT2D eigenvalue weighted by Crippen LogP contribution is 2.37. The van der Waals surface area contributed by atoms with Crippen LogP contribution in [0.1, 0.15) is 55.4 Å². The van der Waals surface area contributed by atoms with Gasteiger partial charge in [0.15, 0.2) is 11.5 Å². The molecule has 0 spiro atoms. The Kier molecular flexibility index (Phi) is 4.44. The van der Waals surface area contributed by atoms with Crippen molar-refractivity contribution in [1.29, 1.82) is 0 Å². The van der Waals surface area contributed by atoms with E-state index in [1.54, 1.807) is 6.33 Å². The van der Waals surface area contributed by atoms with Crippen LogP contribution in [0.15, 0.2) is 29.0 Å². The van der Waals surface area contributed by atoms with E-state index in [0.717, 1.165) is 48.2 Å². The zero-order chi connectivity index (χ0) is 19.9. The summed E-state index contributed by atoms with van der Waals surface area (Å²) in [5, 5.41) is 4.27. The number of H-pyrrole nitrogens is 1. The van der Waals surface area contributed by atoms with Crippen molar-refractivity contribution in [2.24, 2.45) is 5.92 Å². The van der Waals surface area contributed by atoms with Crippen LogP contribution in [0, 0.1) is 5.92 Å². The second-order valence-corrected chi connectivity index (χ2v) is 8.51. The third-order valence-electron chi connectivity index (χ3n) is 6.57. The number of rotatable bonds is 4. The lowest BCUT2D eigenvalue weighted by molar-refractivity contribution is 0.104. The van der Waals surface area contributed by atoms with E-state index in [0.29, 0.717) is 11.7 Å². The van der Waals surface area contributed by atoms with Crippen molar-refractivity contribution in [3.8, 4) is 22.9 Å². The summed E-state index contributed by atoms with van der Waals surface area (Å²) in [6.45, 7) is 2.16. The first kappa shape index (κ1) is 17.9. The van der Waals surface area contributed by atoms with E-state index in [4.69, 9.17) is 19.0 Å². The van der Waals surface area contributed by atoms with Gasteiger partial charge in [0.25, 0.3) is 0 Å². The Balaban J connectivity index is 1.28. The monoisotopic (exact) mass is 407 g/mol. The summed E-state index contributed by atoms with van der Waals surface area (Å²) in [6, 6.07) is 5.79. The molecular formula is C22H25N5O3. The first-order valence-electron chi connectivity index (χ1n) is 10.8. The van der Waals surface area contributed by atoms with Gasteiger partial charge in [0.2, 0.25) is 18.5 Å². The third-order valence-corrected chi connectivity index (χ3v) is 6.57. The molecule has 1 N–H and O–H groups in total. The molecule has 156 valence electrons. The molecule has 2 aromatic heterocycles. The molecule has 0 amide bonds. The number of hydrogen-bond acceptors (Lipinski definition) is 7. The molecule has 1 aliphatic carbocycles. The number of benzene rings is 1. The molecule has 0 bridgehead atoms. The first-order valence-corrected chi connectivity index (χ1v) is 10.8. The molecule has 4 heterocycles. The summed E-state index contributed by atoms with van der Waals surface area (Å²) < 4.78 is 16.7. The molecule has 1 unspecified atom stereocenters. The van der Waals surface area contributed by atoms with Crippen molar-refractivity contribution in [2.45, 2.75) is 51.1 Å². The van der Waals surface area contributed by atoms with Gasteiger partial charge in [-0.1, -0.05) is 24.4 Å². The molecule has 2 aliphatic heterocycles. The summed E-state index contributed by atoms with van der Waals surface area (Å²) in [5.74, 6) is 3.44. The van der Waals surface area contributed by atoms with Gasteiger partial charge in [-0.05, 0) is 37.0 Å². The molecule has 1 atom stereocenters. The quantitative estimate of drug-likeness (QED) is 0.702. The first-order chi connectivity index (χ1) is 14.8. The molecule has 30 heavy (non-hydrogen) atoms. The van der Waals surface area contributed by atoms with E-state index in [1.807, 2.05) is 18.2 Å². The predicted molar refractivity (Wildman–Crippen MR) is 108 cm³/mol. The van der Waals surface area contributed by atoms with E-state index in [-0.39, 0.29) is 12.8 Å². The SMILES string of the molecule is c1nc2c([nH]1)CN(CC1CCCCC1)C(c1nc(-c3ccc4c(c3)OCO4)no1)C2. The fourth-order valence-electron chi connectivity index (χ4n) is 4.95. The van der Waals surface area contributed by atoms with Gasteiger partial charge in [-0.2, -0.15) is 4.98 Å². The van der Waals surface area contributed by atoms with Crippen LogP contribution in [0.5, 0.6) is 11.5 Å². The Morgan fingerprint density at radius 1 is 1.10 bits per heavy atom. The molecule has 6 rings (SSSR count). The number of fused-ring (bicyclic) bond motifs is 2. The Morgan fingerprint density at radius 2 is 2.00 bits per heavy atom. The molecule has 3 aromatic rings. The van der Waals surface area contributed by atoms with Crippen molar-refractivity contribution < 1.29 is 14.0 Å². The van der Waals surface area contributed by atoms with Crippen LogP contribution in [-0.2, 0) is 13.0 Å². The van der Waals surface area contributed by atoms with Crippen LogP contribution in [0.2, 0.25) is 0 Å². The molecule has 8 nitrogen and oxygen atoms in total. The van der Waals surface area contributed by atoms with Gasteiger partial charge in [0.1, 0.15) is 0 Å². The van der Waals surface area contributed by atoms with Crippen LogP contribution in [-0.4, -0.2) is 38.3 Å². The zero-order valence-electron chi connectivity index (χ0n) is 16.8. The van der Waals surface area contributed by atoms with E-state index < -0.39 is 0 Å². The average Bonchev–Trinajstić information content (AvgIpc) is 3.53. The van der Waals surface area contributed by atoms with Crippen LogP contribution in [0.3, 0.4) is 0 Å². The molecule has 1 aromatic carbocycles. The fourth-order valence-corrected chi connectivity index (χ4v) is 4.95. The van der Waals surface area contributed by atoms with Crippen LogP contribution < -0.4 is 9.47 Å². The van der Waals surface area contributed by atoms with Crippen molar-refractivity contribution in [2.75, 3.05) is 13.3 Å². The normalized spacial score (nSPS) is 21.7. The third kappa shape index (κ3) is 3.25. The maximum Gasteiger partial charge on any atom is 0.244 e. The number of aromatic nitrogens is 4. The standard InChI is InChI=1S/C22H25N5O3/c1-2-4-14(5-3-1)10-27-11-17-16(23-12-24-17)9-18(27)22-25-21(26-30-22)15-6-7-19-20(8-15)29-13-28-19/h6-8,12,14,18H,1-5,9-11,13H2,(H,23,24). The second kappa shape index (κ2) is 7.43. The predicted octanol–water partition coefficient (Wildman–Crippen LogP) is 3.87. The Morgan fingerprint density at radius 3 is 2.93 bits per heavy atom. The lowest BCUT2D eigenvalue weighted by Crippen LogP contribution is -2.38. The molecule has 0 saturated heterocycles. The van der Waals surface area contributed by atoms with E-state index in [2.05, 4.69) is 20.0 Å². The van der Waals surface area contributed by atoms with Crippen molar-refractivity contribution >= 4 is 0 Å². The molecule has 1 saturated carbocycles. The van der Waals surface area contributed by atoms with Gasteiger partial charge in [0.05, 0.1) is 23.8 Å². The van der Waals surface area contributed by atoms with Crippen LogP contribution in [0.4, 0.5) is 0 Å². The van der Waals surface area contributed by atoms with Crippen LogP contribution in [0.25, 0.3) is 11.4 Å². The van der Waals surface area contributed by atoms with Gasteiger partial charge >= 0.3 is 0 Å². The Hall–Kier alpha value is -2.87. The van der Waals surface area contributed by atoms with Gasteiger partial charge < -0.3 is 19.0 Å². The van der Waals surface area contributed by atoms with E-state index >= 15 is 0 Å². The van der Waals surface area contributed by atoms with Crippen molar-refractivity contribution in [3.05, 3.63) is 41.8 Å². The maximum atomic E-state index is 5.78. The Labute approximate surface area is 174 Å². The number of hydrogen-bond donors (Lipinski definition) is 1. The molecule has 0 radical (unpaired) electrons. The van der Waals surface area contributed by atoms with Crippen LogP contribution >= 0.6 is 0 Å². The summed E-state index contributed by atoms with van der Waals surface area (Å²) >= 11 is 0. The van der Waals surface area contributed by atoms with E-state index in [1.165, 1.54) is 37.8 Å². The van der Waals surface area contributed by atoms with Gasteiger partial charge in [-0.25, -0.2) is 4.98 Å². The minimum absolute atomic E-state index is 0.0537. The summed E-state index contributed by atoms with van der Waals surface area (Å²) in [6.07, 6.45) is 9.25. The topological polar surface area (TPSA) is 89.3 Å². The maximum absolute atomic E-state index is 5.78. The minimum Gasteiger partial charge on any atom is -0.454 e. The van der Waals surface area contributed by atoms with Gasteiger partial charge in [-0.3, -0.25) is 4.90 Å². The number of nitrogens with one attached hydrogen (secondary N) is 1. The number of nitrogens with zero attached hydrogens (tertiary/aromatic N) is 4. The number of ether oxygens (including phenoxy) is 2. The molecular weight excluding hydrogens is 382 g/mol. The summed E-state index contributed by atoms with van der Waals surface area (Å²) in [7, 11) is 0. The fraction of sp³-hybridized carbons (Fsp3) is 0.500. The van der Waals surface area contributed by atoms with Gasteiger partial charge in [-0.15, -0.1) is 0 Å². The minimum atomic E-state index is 0.0537. The molecule has 3 aliphatic rings. The number of aromatic amines is 1. The molecule has 8 heteroatoms. The van der Waals surface area contributed by atoms with Crippen molar-refractivity contribution in [1.82, 2.24) is 25.0 Å². The largest absolute Gasteiger partial charge is 0.454 e. The van der Waals surface area contributed by atoms with Crippen molar-refractivity contribution in [3.63, 3.8) is 0 Å². The Bertz CT molecular complexity index is 1040. The molecule has 1 fully saturated rings.